The summed E-state index contributed by atoms with van der Waals surface area (Å²) in [4.78, 5) is 11.5. The molecule has 0 aliphatic heterocycles. The molecule has 1 aromatic heterocycles. The summed E-state index contributed by atoms with van der Waals surface area (Å²) in [5.41, 5.74) is 2.27. The fourth-order valence-corrected chi connectivity index (χ4v) is 3.37. The van der Waals surface area contributed by atoms with Crippen LogP contribution in [0.5, 0.6) is 0 Å². The number of carbonyl (C=O) groups excluding carboxylic acids is 1. The van der Waals surface area contributed by atoms with Crippen LogP contribution in [0.25, 0.3) is 0 Å². The smallest absolute Gasteiger partial charge is 0.316 e. The molecule has 5 nitrogen and oxygen atoms in total. The Balaban J connectivity index is 1.88. The van der Waals surface area contributed by atoms with E-state index in [4.69, 9.17) is 4.74 Å². The third-order valence-electron chi connectivity index (χ3n) is 2.92. The number of hydrogen-bond donors (Lipinski definition) is 1. The second-order valence-corrected chi connectivity index (χ2v) is 7.80. The molecule has 0 saturated heterocycles. The maximum Gasteiger partial charge on any atom is 0.316 e. The lowest BCUT2D eigenvalue weighted by atomic mass is 10.0. The summed E-state index contributed by atoms with van der Waals surface area (Å²) in [6.07, 6.45) is -0.0939. The first-order valence-electron chi connectivity index (χ1n) is 7.47. The molecular weight excluding hydrogens is 330 g/mol. The van der Waals surface area contributed by atoms with E-state index in [1.165, 1.54) is 28.7 Å². The maximum atomic E-state index is 11.5. The fourth-order valence-electron chi connectivity index (χ4n) is 1.81. The van der Waals surface area contributed by atoms with Crippen LogP contribution in [0.2, 0.25) is 0 Å². The largest absolute Gasteiger partial charge is 0.462 e. The Labute approximate surface area is 144 Å². The van der Waals surface area contributed by atoms with Gasteiger partial charge in [-0.1, -0.05) is 49.1 Å². The minimum atomic E-state index is -0.237. The summed E-state index contributed by atoms with van der Waals surface area (Å²) >= 11 is 2.76. The molecule has 0 saturated carbocycles. The van der Waals surface area contributed by atoms with Gasteiger partial charge in [0.25, 0.3) is 0 Å². The summed E-state index contributed by atoms with van der Waals surface area (Å²) in [5.74, 6) is 0.522. The second-order valence-electron chi connectivity index (χ2n) is 5.60. The van der Waals surface area contributed by atoms with Crippen LogP contribution < -0.4 is 5.32 Å². The van der Waals surface area contributed by atoms with Gasteiger partial charge >= 0.3 is 5.97 Å². The van der Waals surface area contributed by atoms with E-state index in [2.05, 4.69) is 41.5 Å². The number of carbonyl (C=O) groups is 1. The average molecular weight is 351 g/mol. The van der Waals surface area contributed by atoms with E-state index in [1.807, 2.05) is 26.0 Å². The van der Waals surface area contributed by atoms with Gasteiger partial charge < -0.3 is 10.1 Å². The highest BCUT2D eigenvalue weighted by Gasteiger charge is 2.10. The molecule has 1 aromatic carbocycles. The summed E-state index contributed by atoms with van der Waals surface area (Å²) < 4.78 is 5.83. The maximum absolute atomic E-state index is 11.5. The monoisotopic (exact) mass is 351 g/mol. The topological polar surface area (TPSA) is 64.1 Å². The number of aromatic nitrogens is 2. The lowest BCUT2D eigenvalue weighted by Gasteiger charge is -2.07. The van der Waals surface area contributed by atoms with Crippen molar-refractivity contribution in [3.05, 3.63) is 29.8 Å². The number of hydrogen-bond acceptors (Lipinski definition) is 7. The molecule has 7 heteroatoms. The van der Waals surface area contributed by atoms with Gasteiger partial charge in [0.1, 0.15) is 0 Å². The van der Waals surface area contributed by atoms with Crippen LogP contribution in [0.3, 0.4) is 0 Å². The van der Waals surface area contributed by atoms with Crippen LogP contribution >= 0.6 is 23.1 Å². The molecule has 0 fully saturated rings. The molecule has 0 unspecified atom stereocenters. The van der Waals surface area contributed by atoms with Crippen LogP contribution in [0.15, 0.2) is 28.6 Å². The first kappa shape index (κ1) is 17.7. The van der Waals surface area contributed by atoms with Crippen molar-refractivity contribution in [3.8, 4) is 0 Å². The van der Waals surface area contributed by atoms with Crippen molar-refractivity contribution in [1.82, 2.24) is 10.2 Å². The molecular formula is C16H21N3O2S2. The second kappa shape index (κ2) is 8.31. The van der Waals surface area contributed by atoms with E-state index in [0.29, 0.717) is 11.0 Å². The Hall–Kier alpha value is -1.60. The number of anilines is 2. The Morgan fingerprint density at radius 3 is 2.52 bits per heavy atom. The first-order valence-corrected chi connectivity index (χ1v) is 9.27. The minimum absolute atomic E-state index is 0.0939. The third-order valence-corrected chi connectivity index (χ3v) is 4.86. The molecule has 2 rings (SSSR count). The molecule has 0 radical (unpaired) electrons. The van der Waals surface area contributed by atoms with Gasteiger partial charge in [0.05, 0.1) is 11.9 Å². The van der Waals surface area contributed by atoms with Gasteiger partial charge in [0, 0.05) is 5.69 Å². The summed E-state index contributed by atoms with van der Waals surface area (Å²) in [7, 11) is 0. The zero-order valence-electron chi connectivity index (χ0n) is 13.7. The van der Waals surface area contributed by atoms with Crippen molar-refractivity contribution < 1.29 is 9.53 Å². The van der Waals surface area contributed by atoms with Crippen molar-refractivity contribution in [2.45, 2.75) is 44.1 Å². The van der Waals surface area contributed by atoms with Gasteiger partial charge in [-0.15, -0.1) is 10.2 Å². The van der Waals surface area contributed by atoms with Crippen molar-refractivity contribution in [2.75, 3.05) is 11.1 Å². The van der Waals surface area contributed by atoms with Crippen molar-refractivity contribution in [2.24, 2.45) is 0 Å². The molecule has 1 N–H and O–H groups in total. The Morgan fingerprint density at radius 1 is 1.22 bits per heavy atom. The normalized spacial score (nSPS) is 11.0. The first-order chi connectivity index (χ1) is 10.9. The van der Waals surface area contributed by atoms with E-state index in [9.17, 15) is 4.79 Å². The lowest BCUT2D eigenvalue weighted by molar-refractivity contribution is -0.144. The highest BCUT2D eigenvalue weighted by atomic mass is 32.2. The Kier molecular flexibility index (Phi) is 6.41. The molecule has 23 heavy (non-hydrogen) atoms. The zero-order valence-corrected chi connectivity index (χ0v) is 15.3. The van der Waals surface area contributed by atoms with E-state index in [1.54, 1.807) is 0 Å². The number of ether oxygens (including phenoxy) is 1. The third kappa shape index (κ3) is 5.84. The van der Waals surface area contributed by atoms with Crippen molar-refractivity contribution in [1.29, 1.82) is 0 Å². The molecule has 1 heterocycles. The number of nitrogens with zero attached hydrogens (tertiary/aromatic N) is 2. The minimum Gasteiger partial charge on any atom is -0.462 e. The van der Waals surface area contributed by atoms with Crippen LogP contribution in [0.4, 0.5) is 10.8 Å². The highest BCUT2D eigenvalue weighted by Crippen LogP contribution is 2.28. The van der Waals surface area contributed by atoms with Gasteiger partial charge in [-0.2, -0.15) is 0 Å². The number of benzene rings is 1. The van der Waals surface area contributed by atoms with Crippen LogP contribution in [0, 0.1) is 0 Å². The standard InChI is InChI=1S/C16H21N3O2S2/c1-10(2)12-5-7-13(8-6-12)17-15-18-19-16(23-15)22-9-14(20)21-11(3)4/h5-8,10-11H,9H2,1-4H3,(H,17,18). The SMILES string of the molecule is CC(C)OC(=O)CSc1nnc(Nc2ccc(C(C)C)cc2)s1. The summed E-state index contributed by atoms with van der Waals surface area (Å²) in [5, 5.41) is 12.1. The molecule has 0 amide bonds. The molecule has 2 aromatic rings. The lowest BCUT2D eigenvalue weighted by Crippen LogP contribution is -2.13. The molecule has 0 aliphatic rings. The number of thioether (sulfide) groups is 1. The van der Waals surface area contributed by atoms with Crippen LogP contribution in [-0.2, 0) is 9.53 Å². The van der Waals surface area contributed by atoms with E-state index in [-0.39, 0.29) is 17.8 Å². The van der Waals surface area contributed by atoms with Gasteiger partial charge in [0.2, 0.25) is 5.13 Å². The van der Waals surface area contributed by atoms with E-state index >= 15 is 0 Å². The Morgan fingerprint density at radius 2 is 1.91 bits per heavy atom. The zero-order chi connectivity index (χ0) is 16.8. The highest BCUT2D eigenvalue weighted by molar-refractivity contribution is 8.01. The van der Waals surface area contributed by atoms with Crippen molar-refractivity contribution >= 4 is 39.9 Å². The fraction of sp³-hybridized carbons (Fsp3) is 0.438. The molecule has 124 valence electrons. The van der Waals surface area contributed by atoms with Crippen LogP contribution in [0.1, 0.15) is 39.2 Å². The van der Waals surface area contributed by atoms with Crippen molar-refractivity contribution in [3.63, 3.8) is 0 Å². The summed E-state index contributed by atoms with van der Waals surface area (Å²) in [6.45, 7) is 8.00. The predicted octanol–water partition coefficient (Wildman–Crippen LogP) is 4.45. The number of rotatable bonds is 7. The van der Waals surface area contributed by atoms with Gasteiger partial charge in [-0.05, 0) is 37.5 Å². The molecule has 0 bridgehead atoms. The van der Waals surface area contributed by atoms with Gasteiger partial charge in [-0.3, -0.25) is 4.79 Å². The molecule has 0 spiro atoms. The number of esters is 1. The molecule has 0 atom stereocenters. The molecule has 0 aliphatic carbocycles. The predicted molar refractivity (Wildman–Crippen MR) is 95.7 cm³/mol. The Bertz CT molecular complexity index is 639. The van der Waals surface area contributed by atoms with E-state index in [0.717, 1.165) is 10.0 Å². The van der Waals surface area contributed by atoms with E-state index < -0.39 is 0 Å². The quantitative estimate of drug-likeness (QED) is 0.587. The average Bonchev–Trinajstić information content (AvgIpc) is 2.92. The number of nitrogens with one attached hydrogen (secondary N) is 1. The summed E-state index contributed by atoms with van der Waals surface area (Å²) in [6, 6.07) is 8.27. The van der Waals surface area contributed by atoms with Gasteiger partial charge in [-0.25, -0.2) is 0 Å². The van der Waals surface area contributed by atoms with Crippen LogP contribution in [-0.4, -0.2) is 28.0 Å². The van der Waals surface area contributed by atoms with Gasteiger partial charge in [0.15, 0.2) is 4.34 Å².